The van der Waals surface area contributed by atoms with E-state index >= 15 is 0 Å². The van der Waals surface area contributed by atoms with E-state index in [0.29, 0.717) is 5.56 Å². The van der Waals surface area contributed by atoms with Gasteiger partial charge in [0.2, 0.25) is 0 Å². The molecule has 0 saturated heterocycles. The Morgan fingerprint density at radius 2 is 1.67 bits per heavy atom. The van der Waals surface area contributed by atoms with Crippen LogP contribution in [0.15, 0.2) is 72.8 Å². The van der Waals surface area contributed by atoms with E-state index < -0.39 is 0 Å². The fourth-order valence-corrected chi connectivity index (χ4v) is 2.24. The first-order valence-electron chi connectivity index (χ1n) is 6.73. The Morgan fingerprint density at radius 3 is 2.48 bits per heavy atom. The lowest BCUT2D eigenvalue weighted by atomic mass is 10.0. The molecule has 21 heavy (non-hydrogen) atoms. The molecule has 1 N–H and O–H groups in total. The summed E-state index contributed by atoms with van der Waals surface area (Å²) in [4.78, 5) is 12.2. The molecule has 0 radical (unpaired) electrons. The molecule has 0 aromatic heterocycles. The largest absolute Gasteiger partial charge is 0.508 e. The van der Waals surface area contributed by atoms with Crippen molar-refractivity contribution in [2.24, 2.45) is 0 Å². The molecular weight excluding hydrogens is 260 g/mol. The number of rotatable bonds is 3. The lowest BCUT2D eigenvalue weighted by Gasteiger charge is -2.00. The number of fused-ring (bicyclic) bond motifs is 1. The molecule has 0 saturated carbocycles. The Labute approximate surface area is 123 Å². The quantitative estimate of drug-likeness (QED) is 0.566. The van der Waals surface area contributed by atoms with Crippen LogP contribution >= 0.6 is 0 Å². The monoisotopic (exact) mass is 274 g/mol. The van der Waals surface area contributed by atoms with Crippen LogP contribution in [-0.4, -0.2) is 10.9 Å². The summed E-state index contributed by atoms with van der Waals surface area (Å²) in [5, 5.41) is 11.6. The summed E-state index contributed by atoms with van der Waals surface area (Å²) in [6, 6.07) is 20.4. The molecule has 0 spiro atoms. The predicted octanol–water partition coefficient (Wildman–Crippen LogP) is 4.44. The first-order valence-corrected chi connectivity index (χ1v) is 6.73. The number of phenols is 1. The Kier molecular flexibility index (Phi) is 3.52. The van der Waals surface area contributed by atoms with Gasteiger partial charge in [0.1, 0.15) is 5.75 Å². The Balaban J connectivity index is 1.86. The van der Waals surface area contributed by atoms with E-state index in [1.54, 1.807) is 24.3 Å². The van der Waals surface area contributed by atoms with Crippen LogP contribution in [0, 0.1) is 0 Å². The van der Waals surface area contributed by atoms with Crippen molar-refractivity contribution in [1.82, 2.24) is 0 Å². The summed E-state index contributed by atoms with van der Waals surface area (Å²) in [6.07, 6.45) is 3.23. The fraction of sp³-hybridized carbons (Fsp3) is 0. The molecule has 0 atom stereocenters. The van der Waals surface area contributed by atoms with E-state index in [4.69, 9.17) is 0 Å². The molecule has 0 heterocycles. The van der Waals surface area contributed by atoms with Gasteiger partial charge in [0.25, 0.3) is 0 Å². The summed E-state index contributed by atoms with van der Waals surface area (Å²) >= 11 is 0. The second-order valence-corrected chi connectivity index (χ2v) is 4.85. The van der Waals surface area contributed by atoms with Crippen molar-refractivity contribution in [3.05, 3.63) is 83.9 Å². The van der Waals surface area contributed by atoms with Crippen LogP contribution in [0.1, 0.15) is 15.9 Å². The second kappa shape index (κ2) is 5.63. The number of hydrogen-bond donors (Lipinski definition) is 1. The maximum Gasteiger partial charge on any atom is 0.185 e. The summed E-state index contributed by atoms with van der Waals surface area (Å²) in [6.45, 7) is 0. The van der Waals surface area contributed by atoms with Crippen LogP contribution in [0.2, 0.25) is 0 Å². The number of allylic oxidation sites excluding steroid dienone is 1. The zero-order chi connectivity index (χ0) is 14.7. The standard InChI is InChI=1S/C19H14O2/c20-18-7-3-4-14(12-18)8-11-19(21)17-10-9-15-5-1-2-6-16(15)13-17/h1-13,20H. The number of phenolic OH excluding ortho intramolecular Hbond substituents is 1. The third-order valence-electron chi connectivity index (χ3n) is 3.33. The predicted molar refractivity (Wildman–Crippen MR) is 85.4 cm³/mol. The maximum absolute atomic E-state index is 12.2. The number of carbonyl (C=O) groups excluding carboxylic acids is 1. The van der Waals surface area contributed by atoms with Gasteiger partial charge in [-0.2, -0.15) is 0 Å². The zero-order valence-electron chi connectivity index (χ0n) is 11.4. The third-order valence-corrected chi connectivity index (χ3v) is 3.33. The molecule has 0 fully saturated rings. The minimum Gasteiger partial charge on any atom is -0.508 e. The van der Waals surface area contributed by atoms with E-state index in [1.165, 1.54) is 6.08 Å². The van der Waals surface area contributed by atoms with Gasteiger partial charge in [-0.25, -0.2) is 0 Å². The normalized spacial score (nSPS) is 11.0. The van der Waals surface area contributed by atoms with Gasteiger partial charge in [-0.05, 0) is 40.6 Å². The smallest absolute Gasteiger partial charge is 0.185 e. The van der Waals surface area contributed by atoms with E-state index in [0.717, 1.165) is 16.3 Å². The van der Waals surface area contributed by atoms with Gasteiger partial charge in [0, 0.05) is 5.56 Å². The molecule has 2 heteroatoms. The zero-order valence-corrected chi connectivity index (χ0v) is 11.4. The highest BCUT2D eigenvalue weighted by molar-refractivity contribution is 6.08. The van der Waals surface area contributed by atoms with E-state index in [1.807, 2.05) is 48.5 Å². The maximum atomic E-state index is 12.2. The number of carbonyl (C=O) groups is 1. The van der Waals surface area contributed by atoms with Gasteiger partial charge in [-0.3, -0.25) is 4.79 Å². The molecule has 0 unspecified atom stereocenters. The van der Waals surface area contributed by atoms with E-state index in [-0.39, 0.29) is 11.5 Å². The van der Waals surface area contributed by atoms with Crippen molar-refractivity contribution >= 4 is 22.6 Å². The van der Waals surface area contributed by atoms with Gasteiger partial charge >= 0.3 is 0 Å². The van der Waals surface area contributed by atoms with Crippen LogP contribution in [0.4, 0.5) is 0 Å². The topological polar surface area (TPSA) is 37.3 Å². The van der Waals surface area contributed by atoms with Crippen molar-refractivity contribution in [1.29, 1.82) is 0 Å². The summed E-state index contributed by atoms with van der Waals surface area (Å²) in [7, 11) is 0. The van der Waals surface area contributed by atoms with Crippen molar-refractivity contribution in [2.75, 3.05) is 0 Å². The molecule has 0 aliphatic carbocycles. The van der Waals surface area contributed by atoms with E-state index in [2.05, 4.69) is 0 Å². The van der Waals surface area contributed by atoms with Crippen molar-refractivity contribution in [2.45, 2.75) is 0 Å². The number of hydrogen-bond acceptors (Lipinski definition) is 2. The lowest BCUT2D eigenvalue weighted by Crippen LogP contribution is -1.93. The second-order valence-electron chi connectivity index (χ2n) is 4.85. The van der Waals surface area contributed by atoms with Crippen LogP contribution in [0.5, 0.6) is 5.75 Å². The van der Waals surface area contributed by atoms with Crippen LogP contribution < -0.4 is 0 Å². The van der Waals surface area contributed by atoms with Gasteiger partial charge in [0.05, 0.1) is 0 Å². The molecule has 0 aliphatic heterocycles. The summed E-state index contributed by atoms with van der Waals surface area (Å²) in [5.74, 6) is 0.138. The SMILES string of the molecule is O=C(C=Cc1cccc(O)c1)c1ccc2ccccc2c1. The molecule has 3 rings (SSSR count). The van der Waals surface area contributed by atoms with Gasteiger partial charge in [-0.1, -0.05) is 54.6 Å². The van der Waals surface area contributed by atoms with Gasteiger partial charge < -0.3 is 5.11 Å². The Morgan fingerprint density at radius 1 is 0.857 bits per heavy atom. The molecule has 102 valence electrons. The van der Waals surface area contributed by atoms with Crippen LogP contribution in [0.3, 0.4) is 0 Å². The van der Waals surface area contributed by atoms with E-state index in [9.17, 15) is 9.90 Å². The Bertz CT molecular complexity index is 832. The van der Waals surface area contributed by atoms with Gasteiger partial charge in [-0.15, -0.1) is 0 Å². The van der Waals surface area contributed by atoms with Crippen LogP contribution in [0.25, 0.3) is 16.8 Å². The Hall–Kier alpha value is -2.87. The molecule has 3 aromatic carbocycles. The lowest BCUT2D eigenvalue weighted by molar-refractivity contribution is 0.104. The van der Waals surface area contributed by atoms with Crippen molar-refractivity contribution < 1.29 is 9.90 Å². The highest BCUT2D eigenvalue weighted by atomic mass is 16.3. The first-order chi connectivity index (χ1) is 10.2. The molecule has 0 amide bonds. The molecular formula is C19H14O2. The average Bonchev–Trinajstić information content (AvgIpc) is 2.52. The first kappa shape index (κ1) is 13.1. The molecule has 0 bridgehead atoms. The highest BCUT2D eigenvalue weighted by Crippen LogP contribution is 2.17. The highest BCUT2D eigenvalue weighted by Gasteiger charge is 2.03. The average molecular weight is 274 g/mol. The molecule has 0 aliphatic rings. The number of ketones is 1. The summed E-state index contributed by atoms with van der Waals surface area (Å²) in [5.41, 5.74) is 1.45. The molecule has 2 nitrogen and oxygen atoms in total. The van der Waals surface area contributed by atoms with Crippen molar-refractivity contribution in [3.63, 3.8) is 0 Å². The number of benzene rings is 3. The summed E-state index contributed by atoms with van der Waals surface area (Å²) < 4.78 is 0. The third kappa shape index (κ3) is 3.00. The van der Waals surface area contributed by atoms with Crippen molar-refractivity contribution in [3.8, 4) is 5.75 Å². The fourth-order valence-electron chi connectivity index (χ4n) is 2.24. The number of aromatic hydroxyl groups is 1. The minimum atomic E-state index is -0.0518. The molecule has 3 aromatic rings. The van der Waals surface area contributed by atoms with Gasteiger partial charge in [0.15, 0.2) is 5.78 Å². The van der Waals surface area contributed by atoms with Crippen LogP contribution in [-0.2, 0) is 0 Å². The minimum absolute atomic E-state index is 0.0518.